The van der Waals surface area contributed by atoms with Crippen molar-refractivity contribution in [1.82, 2.24) is 4.90 Å². The lowest BCUT2D eigenvalue weighted by atomic mass is 10.0. The van der Waals surface area contributed by atoms with Crippen molar-refractivity contribution in [3.63, 3.8) is 0 Å². The van der Waals surface area contributed by atoms with Crippen molar-refractivity contribution in [2.45, 2.75) is 38.9 Å². The first-order valence-electron chi connectivity index (χ1n) is 6.92. The van der Waals surface area contributed by atoms with Gasteiger partial charge in [0.2, 0.25) is 5.91 Å². The summed E-state index contributed by atoms with van der Waals surface area (Å²) in [6, 6.07) is 5.84. The maximum atomic E-state index is 12.6. The zero-order valence-corrected chi connectivity index (χ0v) is 12.3. The molecule has 0 fully saturated rings. The van der Waals surface area contributed by atoms with Crippen LogP contribution in [0.3, 0.4) is 0 Å². The highest BCUT2D eigenvalue weighted by atomic mass is 19.4. The van der Waals surface area contributed by atoms with E-state index in [1.54, 1.807) is 24.3 Å². The van der Waals surface area contributed by atoms with E-state index in [2.05, 4.69) is 0 Å². The van der Waals surface area contributed by atoms with E-state index in [1.807, 2.05) is 13.8 Å². The highest BCUT2D eigenvalue weighted by molar-refractivity contribution is 5.83. The first-order valence-corrected chi connectivity index (χ1v) is 6.92. The Morgan fingerprint density at radius 2 is 1.86 bits per heavy atom. The van der Waals surface area contributed by atoms with Gasteiger partial charge in [-0.2, -0.15) is 13.2 Å². The summed E-state index contributed by atoms with van der Waals surface area (Å²) < 4.78 is 37.7. The van der Waals surface area contributed by atoms with Crippen molar-refractivity contribution in [2.75, 3.05) is 13.1 Å². The zero-order valence-electron chi connectivity index (χ0n) is 12.3. The van der Waals surface area contributed by atoms with Crippen LogP contribution < -0.4 is 5.73 Å². The normalized spacial score (nSPS) is 13.0. The van der Waals surface area contributed by atoms with Crippen LogP contribution in [0.4, 0.5) is 13.2 Å². The fourth-order valence-electron chi connectivity index (χ4n) is 1.95. The fourth-order valence-corrected chi connectivity index (χ4v) is 1.95. The minimum atomic E-state index is -4.42. The number of nitrogens with two attached hydrogens (primary N) is 1. The molecular weight excluding hydrogens is 281 g/mol. The van der Waals surface area contributed by atoms with E-state index in [1.165, 1.54) is 0 Å². The van der Waals surface area contributed by atoms with Crippen LogP contribution >= 0.6 is 0 Å². The summed E-state index contributed by atoms with van der Waals surface area (Å²) in [5, 5.41) is 0. The van der Waals surface area contributed by atoms with Crippen LogP contribution in [0, 0.1) is 6.92 Å². The van der Waals surface area contributed by atoms with E-state index in [9.17, 15) is 18.0 Å². The second kappa shape index (κ2) is 7.45. The number of carbonyl (C=O) groups is 1. The molecule has 0 bridgehead atoms. The molecule has 21 heavy (non-hydrogen) atoms. The molecule has 0 aromatic heterocycles. The molecule has 1 atom stereocenters. The molecule has 1 aromatic carbocycles. The van der Waals surface area contributed by atoms with Gasteiger partial charge in [-0.15, -0.1) is 0 Å². The molecule has 0 saturated carbocycles. The van der Waals surface area contributed by atoms with E-state index in [4.69, 9.17) is 5.73 Å². The Morgan fingerprint density at radius 1 is 1.29 bits per heavy atom. The van der Waals surface area contributed by atoms with Gasteiger partial charge in [0.1, 0.15) is 12.6 Å². The molecule has 1 aromatic rings. The number of aryl methyl sites for hydroxylation is 1. The molecule has 0 heterocycles. The number of nitrogens with zero attached hydrogens (tertiary/aromatic N) is 1. The number of benzene rings is 1. The zero-order chi connectivity index (χ0) is 16.0. The number of unbranched alkanes of at least 4 members (excludes halogenated alkanes) is 1. The van der Waals surface area contributed by atoms with Crippen molar-refractivity contribution < 1.29 is 18.0 Å². The molecule has 0 spiro atoms. The molecule has 0 saturated heterocycles. The molecule has 118 valence electrons. The standard InChI is InChI=1S/C15H21F3N2O/c1-3-4-9-20(10-15(16,17)18)14(21)13(19)12-7-5-11(2)6-8-12/h5-8,13H,3-4,9-10,19H2,1-2H3. The van der Waals surface area contributed by atoms with Gasteiger partial charge in [0.25, 0.3) is 0 Å². The SMILES string of the molecule is CCCCN(CC(F)(F)F)C(=O)C(N)c1ccc(C)cc1. The van der Waals surface area contributed by atoms with Crippen molar-refractivity contribution in [2.24, 2.45) is 5.73 Å². The number of alkyl halides is 3. The van der Waals surface area contributed by atoms with E-state index >= 15 is 0 Å². The van der Waals surface area contributed by atoms with Crippen LogP contribution in [0.15, 0.2) is 24.3 Å². The summed E-state index contributed by atoms with van der Waals surface area (Å²) >= 11 is 0. The van der Waals surface area contributed by atoms with Crippen LogP contribution in [-0.4, -0.2) is 30.1 Å². The van der Waals surface area contributed by atoms with Crippen LogP contribution in [0.25, 0.3) is 0 Å². The lowest BCUT2D eigenvalue weighted by molar-refractivity contribution is -0.162. The molecule has 6 heteroatoms. The third kappa shape index (κ3) is 5.75. The second-order valence-electron chi connectivity index (χ2n) is 5.12. The monoisotopic (exact) mass is 302 g/mol. The third-order valence-electron chi connectivity index (χ3n) is 3.17. The van der Waals surface area contributed by atoms with Crippen molar-refractivity contribution in [3.05, 3.63) is 35.4 Å². The Kier molecular flexibility index (Phi) is 6.20. The van der Waals surface area contributed by atoms with Gasteiger partial charge in [-0.25, -0.2) is 0 Å². The van der Waals surface area contributed by atoms with Gasteiger partial charge in [0.15, 0.2) is 0 Å². The molecule has 1 unspecified atom stereocenters. The van der Waals surface area contributed by atoms with Crippen LogP contribution in [0.1, 0.15) is 36.9 Å². The number of hydrogen-bond acceptors (Lipinski definition) is 2. The Balaban J connectivity index is 2.85. The number of halogens is 3. The van der Waals surface area contributed by atoms with Gasteiger partial charge < -0.3 is 10.6 Å². The number of hydrogen-bond donors (Lipinski definition) is 1. The van der Waals surface area contributed by atoms with Gasteiger partial charge in [-0.05, 0) is 18.9 Å². The van der Waals surface area contributed by atoms with Gasteiger partial charge in [-0.3, -0.25) is 4.79 Å². The summed E-state index contributed by atoms with van der Waals surface area (Å²) in [7, 11) is 0. The average Bonchev–Trinajstić information content (AvgIpc) is 2.41. The molecule has 0 aliphatic rings. The average molecular weight is 302 g/mol. The molecule has 0 aliphatic heterocycles. The molecular formula is C15H21F3N2O. The van der Waals surface area contributed by atoms with E-state index < -0.39 is 24.7 Å². The van der Waals surface area contributed by atoms with Crippen LogP contribution in [-0.2, 0) is 4.79 Å². The number of rotatable bonds is 6. The first-order chi connectivity index (χ1) is 9.74. The minimum absolute atomic E-state index is 0.0639. The number of amides is 1. The van der Waals surface area contributed by atoms with Crippen LogP contribution in [0.5, 0.6) is 0 Å². The van der Waals surface area contributed by atoms with E-state index in [-0.39, 0.29) is 6.54 Å². The first kappa shape index (κ1) is 17.5. The maximum absolute atomic E-state index is 12.6. The predicted octanol–water partition coefficient (Wildman–Crippen LogP) is 3.19. The topological polar surface area (TPSA) is 46.3 Å². The molecule has 2 N–H and O–H groups in total. The largest absolute Gasteiger partial charge is 0.406 e. The summed E-state index contributed by atoms with van der Waals surface area (Å²) in [6.45, 7) is 2.55. The molecule has 3 nitrogen and oxygen atoms in total. The van der Waals surface area contributed by atoms with Crippen molar-refractivity contribution >= 4 is 5.91 Å². The Bertz CT molecular complexity index is 457. The smallest absolute Gasteiger partial charge is 0.332 e. The van der Waals surface area contributed by atoms with Crippen molar-refractivity contribution in [3.8, 4) is 0 Å². The highest BCUT2D eigenvalue weighted by Crippen LogP contribution is 2.20. The van der Waals surface area contributed by atoms with E-state index in [0.717, 1.165) is 10.5 Å². The van der Waals surface area contributed by atoms with Gasteiger partial charge in [-0.1, -0.05) is 43.2 Å². The van der Waals surface area contributed by atoms with Crippen LogP contribution in [0.2, 0.25) is 0 Å². The molecule has 0 aliphatic carbocycles. The summed E-state index contributed by atoms with van der Waals surface area (Å²) in [6.07, 6.45) is -3.19. The second-order valence-corrected chi connectivity index (χ2v) is 5.12. The quantitative estimate of drug-likeness (QED) is 0.877. The summed E-state index contributed by atoms with van der Waals surface area (Å²) in [4.78, 5) is 13.0. The molecule has 0 radical (unpaired) electrons. The fraction of sp³-hybridized carbons (Fsp3) is 0.533. The Labute approximate surface area is 122 Å². The maximum Gasteiger partial charge on any atom is 0.406 e. The van der Waals surface area contributed by atoms with Crippen molar-refractivity contribution in [1.29, 1.82) is 0 Å². The van der Waals surface area contributed by atoms with E-state index in [0.29, 0.717) is 18.4 Å². The molecule has 1 amide bonds. The van der Waals surface area contributed by atoms with Gasteiger partial charge in [0.05, 0.1) is 0 Å². The lowest BCUT2D eigenvalue weighted by Gasteiger charge is -2.26. The van der Waals surface area contributed by atoms with Gasteiger partial charge >= 0.3 is 6.18 Å². The number of carbonyl (C=O) groups excluding carboxylic acids is 1. The highest BCUT2D eigenvalue weighted by Gasteiger charge is 2.34. The Hall–Kier alpha value is -1.56. The summed E-state index contributed by atoms with van der Waals surface area (Å²) in [5.41, 5.74) is 7.34. The summed E-state index contributed by atoms with van der Waals surface area (Å²) in [5.74, 6) is -0.690. The lowest BCUT2D eigenvalue weighted by Crippen LogP contribution is -2.44. The Morgan fingerprint density at radius 3 is 2.33 bits per heavy atom. The predicted molar refractivity (Wildman–Crippen MR) is 75.7 cm³/mol. The minimum Gasteiger partial charge on any atom is -0.332 e. The molecule has 1 rings (SSSR count). The third-order valence-corrected chi connectivity index (χ3v) is 3.17. The van der Waals surface area contributed by atoms with Gasteiger partial charge in [0, 0.05) is 6.54 Å².